The lowest BCUT2D eigenvalue weighted by atomic mass is 9.93. The standard InChI is InChI=1S/C17H15NO4/c1-9-8-13(18-7-6-12(19)14(9)18)17(22)15(20)10-4-2-3-5-11(10)16(17)21/h2-5,8,12,19,22H,6-7H2,1H3. The fraction of sp³-hybridized carbons (Fsp3) is 0.294. The molecule has 1 aliphatic carbocycles. The number of fused-ring (bicyclic) bond motifs is 2. The topological polar surface area (TPSA) is 79.5 Å². The molecule has 5 nitrogen and oxygen atoms in total. The van der Waals surface area contributed by atoms with Crippen molar-refractivity contribution in [3.05, 3.63) is 58.4 Å². The first-order chi connectivity index (χ1) is 10.5. The molecule has 1 unspecified atom stereocenters. The largest absolute Gasteiger partial charge is 0.387 e. The molecule has 0 bridgehead atoms. The number of rotatable bonds is 1. The number of hydrogen-bond acceptors (Lipinski definition) is 4. The summed E-state index contributed by atoms with van der Waals surface area (Å²) in [6.07, 6.45) is -0.0959. The van der Waals surface area contributed by atoms with E-state index < -0.39 is 23.3 Å². The molecule has 1 aromatic carbocycles. The number of aryl methyl sites for hydroxylation is 1. The Labute approximate surface area is 126 Å². The average Bonchev–Trinajstić information content (AvgIpc) is 3.11. The van der Waals surface area contributed by atoms with Crippen LogP contribution >= 0.6 is 0 Å². The van der Waals surface area contributed by atoms with Crippen molar-refractivity contribution in [2.45, 2.75) is 31.6 Å². The Morgan fingerprint density at radius 3 is 2.36 bits per heavy atom. The van der Waals surface area contributed by atoms with Crippen molar-refractivity contribution in [3.63, 3.8) is 0 Å². The maximum atomic E-state index is 12.7. The van der Waals surface area contributed by atoms with E-state index >= 15 is 0 Å². The van der Waals surface area contributed by atoms with E-state index in [2.05, 4.69) is 0 Å². The van der Waals surface area contributed by atoms with Crippen molar-refractivity contribution < 1.29 is 19.8 Å². The molecule has 2 N–H and O–H groups in total. The van der Waals surface area contributed by atoms with Crippen LogP contribution in [0.15, 0.2) is 30.3 Å². The molecular formula is C17H15NO4. The first-order valence-corrected chi connectivity index (χ1v) is 7.26. The molecule has 2 aromatic rings. The predicted octanol–water partition coefficient (Wildman–Crippen LogP) is 1.50. The van der Waals surface area contributed by atoms with Crippen molar-refractivity contribution in [3.8, 4) is 0 Å². The van der Waals surface area contributed by atoms with Gasteiger partial charge in [0, 0.05) is 23.4 Å². The van der Waals surface area contributed by atoms with E-state index in [1.165, 1.54) is 0 Å². The Morgan fingerprint density at radius 1 is 1.18 bits per heavy atom. The zero-order valence-electron chi connectivity index (χ0n) is 12.0. The highest BCUT2D eigenvalue weighted by molar-refractivity contribution is 6.31. The highest BCUT2D eigenvalue weighted by Gasteiger charge is 2.55. The molecule has 1 aromatic heterocycles. The van der Waals surface area contributed by atoms with Crippen molar-refractivity contribution in [1.82, 2.24) is 4.57 Å². The third kappa shape index (κ3) is 1.40. The van der Waals surface area contributed by atoms with Gasteiger partial charge in [0.1, 0.15) is 0 Å². The number of carbonyl (C=O) groups excluding carboxylic acids is 2. The number of aliphatic hydroxyl groups excluding tert-OH is 1. The number of ketones is 2. The summed E-state index contributed by atoms with van der Waals surface area (Å²) < 4.78 is 1.71. The minimum Gasteiger partial charge on any atom is -0.387 e. The van der Waals surface area contributed by atoms with Gasteiger partial charge in [0.15, 0.2) is 0 Å². The lowest BCUT2D eigenvalue weighted by Gasteiger charge is -2.21. The van der Waals surface area contributed by atoms with Crippen molar-refractivity contribution in [1.29, 1.82) is 0 Å². The van der Waals surface area contributed by atoms with Crippen molar-refractivity contribution in [2.24, 2.45) is 0 Å². The van der Waals surface area contributed by atoms with Crippen LogP contribution in [0.4, 0.5) is 0 Å². The first kappa shape index (κ1) is 13.4. The summed E-state index contributed by atoms with van der Waals surface area (Å²) in [7, 11) is 0. The Balaban J connectivity index is 1.95. The quantitative estimate of drug-likeness (QED) is 0.782. The predicted molar refractivity (Wildman–Crippen MR) is 77.7 cm³/mol. The van der Waals surface area contributed by atoms with Gasteiger partial charge < -0.3 is 14.8 Å². The van der Waals surface area contributed by atoms with E-state index in [-0.39, 0.29) is 16.8 Å². The lowest BCUT2D eigenvalue weighted by Crippen LogP contribution is -2.40. The zero-order valence-corrected chi connectivity index (χ0v) is 12.0. The first-order valence-electron chi connectivity index (χ1n) is 7.26. The molecule has 112 valence electrons. The van der Waals surface area contributed by atoms with Crippen LogP contribution in [0.2, 0.25) is 0 Å². The van der Waals surface area contributed by atoms with Crippen LogP contribution in [0, 0.1) is 6.92 Å². The van der Waals surface area contributed by atoms with E-state index in [9.17, 15) is 19.8 Å². The fourth-order valence-electron chi connectivity index (χ4n) is 3.68. The molecule has 4 rings (SSSR count). The van der Waals surface area contributed by atoms with Gasteiger partial charge in [-0.25, -0.2) is 0 Å². The number of aliphatic hydroxyl groups is 2. The van der Waals surface area contributed by atoms with E-state index in [0.29, 0.717) is 18.7 Å². The molecule has 0 saturated heterocycles. The summed E-state index contributed by atoms with van der Waals surface area (Å²) in [6, 6.07) is 8.10. The summed E-state index contributed by atoms with van der Waals surface area (Å²) in [6.45, 7) is 2.29. The molecular weight excluding hydrogens is 282 g/mol. The van der Waals surface area contributed by atoms with Crippen LogP contribution < -0.4 is 0 Å². The molecule has 0 spiro atoms. The monoisotopic (exact) mass is 297 g/mol. The lowest BCUT2D eigenvalue weighted by molar-refractivity contribution is 0.0294. The van der Waals surface area contributed by atoms with Gasteiger partial charge in [-0.15, -0.1) is 0 Å². The van der Waals surface area contributed by atoms with E-state index in [4.69, 9.17) is 0 Å². The van der Waals surface area contributed by atoms with Crippen LogP contribution in [-0.2, 0) is 12.1 Å². The molecule has 0 radical (unpaired) electrons. The summed E-state index contributed by atoms with van der Waals surface area (Å²) in [4.78, 5) is 25.3. The number of nitrogens with zero attached hydrogens (tertiary/aromatic N) is 1. The SMILES string of the molecule is Cc1cc(C2(O)C(=O)c3ccccc3C2=O)n2c1C(O)CC2. The highest BCUT2D eigenvalue weighted by atomic mass is 16.3. The Hall–Kier alpha value is -2.24. The minimum absolute atomic E-state index is 0.252. The van der Waals surface area contributed by atoms with Gasteiger partial charge in [0.25, 0.3) is 0 Å². The highest BCUT2D eigenvalue weighted by Crippen LogP contribution is 2.42. The number of carbonyl (C=O) groups is 2. The van der Waals surface area contributed by atoms with Crippen LogP contribution in [-0.4, -0.2) is 26.3 Å². The van der Waals surface area contributed by atoms with Gasteiger partial charge >= 0.3 is 0 Å². The summed E-state index contributed by atoms with van der Waals surface area (Å²) >= 11 is 0. The maximum Gasteiger partial charge on any atom is 0.231 e. The molecule has 1 atom stereocenters. The minimum atomic E-state index is -2.18. The van der Waals surface area contributed by atoms with Crippen LogP contribution in [0.5, 0.6) is 0 Å². The van der Waals surface area contributed by atoms with Crippen LogP contribution in [0.3, 0.4) is 0 Å². The molecule has 5 heteroatoms. The van der Waals surface area contributed by atoms with Gasteiger partial charge in [-0.2, -0.15) is 0 Å². The fourth-order valence-corrected chi connectivity index (χ4v) is 3.68. The molecule has 2 aliphatic rings. The smallest absolute Gasteiger partial charge is 0.231 e. The van der Waals surface area contributed by atoms with Gasteiger partial charge in [-0.1, -0.05) is 24.3 Å². The van der Waals surface area contributed by atoms with Crippen molar-refractivity contribution >= 4 is 11.6 Å². The van der Waals surface area contributed by atoms with Crippen LogP contribution in [0.1, 0.15) is 50.2 Å². The molecule has 2 heterocycles. The second-order valence-electron chi connectivity index (χ2n) is 5.97. The molecule has 0 saturated carbocycles. The van der Waals surface area contributed by atoms with Gasteiger partial charge in [0.2, 0.25) is 17.2 Å². The number of aromatic nitrogens is 1. The Kier molecular flexibility index (Phi) is 2.53. The summed E-state index contributed by atoms with van der Waals surface area (Å²) in [5, 5.41) is 21.0. The second kappa shape index (κ2) is 4.15. The van der Waals surface area contributed by atoms with Gasteiger partial charge in [-0.05, 0) is 25.0 Å². The Morgan fingerprint density at radius 2 is 1.77 bits per heavy atom. The maximum absolute atomic E-state index is 12.7. The van der Waals surface area contributed by atoms with E-state index in [0.717, 1.165) is 5.56 Å². The number of benzene rings is 1. The average molecular weight is 297 g/mol. The van der Waals surface area contributed by atoms with E-state index in [1.54, 1.807) is 34.9 Å². The molecule has 22 heavy (non-hydrogen) atoms. The summed E-state index contributed by atoms with van der Waals surface area (Å²) in [5.41, 5.74) is 0.0488. The summed E-state index contributed by atoms with van der Waals surface area (Å²) in [5.74, 6) is -1.18. The van der Waals surface area contributed by atoms with E-state index in [1.807, 2.05) is 6.92 Å². The zero-order chi connectivity index (χ0) is 15.6. The Bertz CT molecular complexity index is 798. The third-order valence-corrected chi connectivity index (χ3v) is 4.72. The van der Waals surface area contributed by atoms with Gasteiger partial charge in [0.05, 0.1) is 11.8 Å². The molecule has 0 fully saturated rings. The molecule has 1 aliphatic heterocycles. The van der Waals surface area contributed by atoms with Gasteiger partial charge in [-0.3, -0.25) is 9.59 Å². The number of hydrogen-bond donors (Lipinski definition) is 2. The van der Waals surface area contributed by atoms with Crippen LogP contribution in [0.25, 0.3) is 0 Å². The normalized spacial score (nSPS) is 22.0. The molecule has 0 amide bonds. The second-order valence-corrected chi connectivity index (χ2v) is 5.97. The number of Topliss-reactive ketones (excluding diaryl/α,β-unsaturated/α-hetero) is 2. The third-order valence-electron chi connectivity index (χ3n) is 4.72. The van der Waals surface area contributed by atoms with Crippen molar-refractivity contribution in [2.75, 3.05) is 0 Å².